The lowest BCUT2D eigenvalue weighted by Gasteiger charge is -2.20. The second-order valence-corrected chi connectivity index (χ2v) is 3.03. The van der Waals surface area contributed by atoms with Crippen molar-refractivity contribution in [2.75, 3.05) is 13.2 Å². The van der Waals surface area contributed by atoms with Crippen molar-refractivity contribution in [1.29, 1.82) is 0 Å². The summed E-state index contributed by atoms with van der Waals surface area (Å²) in [5.41, 5.74) is 0.222. The van der Waals surface area contributed by atoms with E-state index < -0.39 is 11.6 Å². The molecule has 0 saturated carbocycles. The topological polar surface area (TPSA) is 73.9 Å². The predicted molar refractivity (Wildman–Crippen MR) is 48.0 cm³/mol. The molecule has 0 aromatic heterocycles. The molecule has 1 heterocycles. The van der Waals surface area contributed by atoms with Gasteiger partial charge in [0.05, 0.1) is 6.61 Å². The number of benzene rings is 1. The molecular weight excluding hydrogens is 205 g/mol. The summed E-state index contributed by atoms with van der Waals surface area (Å²) >= 11 is 0. The first kappa shape index (κ1) is 10.0. The van der Waals surface area contributed by atoms with Gasteiger partial charge in [0, 0.05) is 5.56 Å². The highest BCUT2D eigenvalue weighted by Crippen LogP contribution is 2.40. The molecule has 1 aromatic rings. The number of hydrogen-bond donors (Lipinski definition) is 2. The zero-order valence-corrected chi connectivity index (χ0v) is 7.83. The van der Waals surface area contributed by atoms with E-state index in [4.69, 9.17) is 15.4 Å². The van der Waals surface area contributed by atoms with Crippen LogP contribution >= 0.6 is 0 Å². The van der Waals surface area contributed by atoms with E-state index in [2.05, 4.69) is 4.84 Å². The maximum atomic E-state index is 13.5. The summed E-state index contributed by atoms with van der Waals surface area (Å²) in [4.78, 5) is 4.33. The molecule has 0 bridgehead atoms. The summed E-state index contributed by atoms with van der Waals surface area (Å²) in [7, 11) is 0. The van der Waals surface area contributed by atoms with E-state index in [0.717, 1.165) is 0 Å². The van der Waals surface area contributed by atoms with Crippen LogP contribution < -0.4 is 15.4 Å². The van der Waals surface area contributed by atoms with Gasteiger partial charge < -0.3 is 14.6 Å². The zero-order valence-electron chi connectivity index (χ0n) is 7.83. The van der Waals surface area contributed by atoms with Crippen LogP contribution in [0.5, 0.6) is 17.2 Å². The Bertz CT molecular complexity index is 383. The van der Waals surface area contributed by atoms with Gasteiger partial charge in [0.15, 0.2) is 11.5 Å². The number of fused-ring (bicyclic) bond motifs is 1. The van der Waals surface area contributed by atoms with E-state index in [1.54, 1.807) is 0 Å². The molecule has 0 saturated heterocycles. The molecule has 0 atom stereocenters. The van der Waals surface area contributed by atoms with Crippen molar-refractivity contribution in [3.8, 4) is 17.2 Å². The lowest BCUT2D eigenvalue weighted by Crippen LogP contribution is -2.17. The van der Waals surface area contributed by atoms with Crippen molar-refractivity contribution in [1.82, 2.24) is 0 Å². The Kier molecular flexibility index (Phi) is 2.61. The Morgan fingerprint density at radius 1 is 1.47 bits per heavy atom. The Balaban J connectivity index is 2.47. The molecule has 1 aliphatic heterocycles. The van der Waals surface area contributed by atoms with Crippen LogP contribution in [0.25, 0.3) is 0 Å². The van der Waals surface area contributed by atoms with Crippen molar-refractivity contribution in [3.63, 3.8) is 0 Å². The maximum absolute atomic E-state index is 13.5. The summed E-state index contributed by atoms with van der Waals surface area (Å²) in [6, 6.07) is 1.44. The van der Waals surface area contributed by atoms with Crippen molar-refractivity contribution in [2.24, 2.45) is 5.90 Å². The molecule has 1 aromatic carbocycles. The van der Waals surface area contributed by atoms with E-state index in [-0.39, 0.29) is 30.3 Å². The zero-order chi connectivity index (χ0) is 10.8. The van der Waals surface area contributed by atoms with Crippen LogP contribution in [0.15, 0.2) is 6.07 Å². The van der Waals surface area contributed by atoms with Crippen LogP contribution in [-0.4, -0.2) is 18.3 Å². The average molecular weight is 215 g/mol. The minimum Gasteiger partial charge on any atom is -0.504 e. The van der Waals surface area contributed by atoms with Gasteiger partial charge in [-0.2, -0.15) is 4.39 Å². The fourth-order valence-electron chi connectivity index (χ4n) is 1.39. The molecule has 0 amide bonds. The first-order valence-corrected chi connectivity index (χ1v) is 4.35. The summed E-state index contributed by atoms with van der Waals surface area (Å²) in [6.07, 6.45) is 0. The normalized spacial score (nSPS) is 14.0. The highest BCUT2D eigenvalue weighted by molar-refractivity contribution is 5.52. The molecule has 0 fully saturated rings. The third kappa shape index (κ3) is 1.69. The fraction of sp³-hybridized carbons (Fsp3) is 0.333. The molecule has 2 rings (SSSR count). The van der Waals surface area contributed by atoms with Crippen LogP contribution in [-0.2, 0) is 11.4 Å². The highest BCUT2D eigenvalue weighted by Gasteiger charge is 2.22. The third-order valence-corrected chi connectivity index (χ3v) is 2.07. The molecule has 3 N–H and O–H groups in total. The van der Waals surface area contributed by atoms with Crippen molar-refractivity contribution < 1.29 is 23.8 Å². The molecule has 1 aliphatic rings. The summed E-state index contributed by atoms with van der Waals surface area (Å²) in [5, 5.41) is 9.44. The second-order valence-electron chi connectivity index (χ2n) is 3.03. The Morgan fingerprint density at radius 2 is 2.20 bits per heavy atom. The third-order valence-electron chi connectivity index (χ3n) is 2.07. The molecule has 0 spiro atoms. The van der Waals surface area contributed by atoms with Gasteiger partial charge in [0.25, 0.3) is 0 Å². The lowest BCUT2D eigenvalue weighted by atomic mass is 10.1. The molecule has 5 nitrogen and oxygen atoms in total. The molecule has 6 heteroatoms. The molecule has 0 unspecified atom stereocenters. The maximum Gasteiger partial charge on any atom is 0.210 e. The fourth-order valence-corrected chi connectivity index (χ4v) is 1.39. The van der Waals surface area contributed by atoms with Crippen molar-refractivity contribution in [3.05, 3.63) is 17.4 Å². The lowest BCUT2D eigenvalue weighted by molar-refractivity contribution is 0.119. The number of phenols is 1. The number of phenolic OH excluding ortho intramolecular Hbond substituents is 1. The second kappa shape index (κ2) is 3.92. The van der Waals surface area contributed by atoms with E-state index >= 15 is 0 Å². The van der Waals surface area contributed by atoms with Gasteiger partial charge in [0.2, 0.25) is 11.6 Å². The first-order valence-electron chi connectivity index (χ1n) is 4.35. The largest absolute Gasteiger partial charge is 0.504 e. The number of rotatable bonds is 2. The van der Waals surface area contributed by atoms with Crippen LogP contribution in [0, 0.1) is 5.82 Å². The summed E-state index contributed by atoms with van der Waals surface area (Å²) in [6.45, 7) is 0.510. The van der Waals surface area contributed by atoms with Gasteiger partial charge in [0.1, 0.15) is 13.2 Å². The van der Waals surface area contributed by atoms with E-state index in [9.17, 15) is 9.50 Å². The van der Waals surface area contributed by atoms with Crippen LogP contribution in [0.2, 0.25) is 0 Å². The van der Waals surface area contributed by atoms with Crippen LogP contribution in [0.3, 0.4) is 0 Å². The van der Waals surface area contributed by atoms with E-state index in [0.29, 0.717) is 6.61 Å². The van der Waals surface area contributed by atoms with Crippen molar-refractivity contribution >= 4 is 0 Å². The average Bonchev–Trinajstić information content (AvgIpc) is 2.26. The standard InChI is InChI=1S/C9H10FNO4/c10-7-8(12)5(4-15-11)3-6-9(7)14-2-1-13-6/h3,12H,1-2,4,11H2. The van der Waals surface area contributed by atoms with Gasteiger partial charge >= 0.3 is 0 Å². The van der Waals surface area contributed by atoms with Gasteiger partial charge in [-0.15, -0.1) is 0 Å². The quantitative estimate of drug-likeness (QED) is 0.710. The van der Waals surface area contributed by atoms with Crippen LogP contribution in [0.4, 0.5) is 4.39 Å². The number of nitrogens with two attached hydrogens (primary N) is 1. The smallest absolute Gasteiger partial charge is 0.210 e. The van der Waals surface area contributed by atoms with Crippen molar-refractivity contribution in [2.45, 2.75) is 6.61 Å². The number of halogens is 1. The van der Waals surface area contributed by atoms with Crippen LogP contribution in [0.1, 0.15) is 5.56 Å². The summed E-state index contributed by atoms with van der Waals surface area (Å²) < 4.78 is 23.7. The molecular formula is C9H10FNO4. The Morgan fingerprint density at radius 3 is 2.93 bits per heavy atom. The predicted octanol–water partition coefficient (Wildman–Crippen LogP) is 0.693. The molecule has 15 heavy (non-hydrogen) atoms. The van der Waals surface area contributed by atoms with E-state index in [1.807, 2.05) is 0 Å². The minimum absolute atomic E-state index is 0.0699. The van der Waals surface area contributed by atoms with Gasteiger partial charge in [-0.3, -0.25) is 4.84 Å². The number of hydrogen-bond acceptors (Lipinski definition) is 5. The molecule has 0 radical (unpaired) electrons. The van der Waals surface area contributed by atoms with Gasteiger partial charge in [-0.1, -0.05) is 0 Å². The van der Waals surface area contributed by atoms with E-state index in [1.165, 1.54) is 6.07 Å². The molecule has 0 aliphatic carbocycles. The Hall–Kier alpha value is -1.53. The van der Waals surface area contributed by atoms with Gasteiger partial charge in [-0.05, 0) is 6.07 Å². The van der Waals surface area contributed by atoms with Gasteiger partial charge in [-0.25, -0.2) is 5.90 Å². The number of ether oxygens (including phenoxy) is 2. The monoisotopic (exact) mass is 215 g/mol. The molecule has 82 valence electrons. The first-order chi connectivity index (χ1) is 7.24. The minimum atomic E-state index is -0.848. The number of aromatic hydroxyl groups is 1. The summed E-state index contributed by atoms with van der Waals surface area (Å²) in [5.74, 6) is 3.66. The Labute approximate surface area is 85.1 Å². The highest BCUT2D eigenvalue weighted by atomic mass is 19.1. The SMILES string of the molecule is NOCc1cc2c(c(F)c1O)OCCO2.